The van der Waals surface area contributed by atoms with Gasteiger partial charge in [0.25, 0.3) is 0 Å². The highest BCUT2D eigenvalue weighted by molar-refractivity contribution is 7.89. The van der Waals surface area contributed by atoms with E-state index >= 15 is 0 Å². The Morgan fingerprint density at radius 3 is 2.48 bits per heavy atom. The lowest BCUT2D eigenvalue weighted by molar-refractivity contribution is -0.116. The second kappa shape index (κ2) is 7.92. The van der Waals surface area contributed by atoms with Crippen LogP contribution >= 0.6 is 11.3 Å². The number of sulfonamides is 1. The fourth-order valence-corrected chi connectivity index (χ4v) is 5.46. The molecule has 0 saturated heterocycles. The average molecular weight is 457 g/mol. The van der Waals surface area contributed by atoms with E-state index in [2.05, 4.69) is 0 Å². The second-order valence-corrected chi connectivity index (χ2v) is 9.62. The number of para-hydroxylation sites is 1. The molecule has 2 N–H and O–H groups in total. The maximum atomic E-state index is 12.8. The summed E-state index contributed by atoms with van der Waals surface area (Å²) in [6, 6.07) is 13.5. The minimum Gasteiger partial charge on any atom is -0.462 e. The molecule has 0 bridgehead atoms. The van der Waals surface area contributed by atoms with Crippen LogP contribution in [0.3, 0.4) is 0 Å². The molecule has 0 saturated carbocycles. The first-order valence-corrected chi connectivity index (χ1v) is 11.9. The van der Waals surface area contributed by atoms with Crippen LogP contribution in [-0.4, -0.2) is 26.9 Å². The molecule has 1 aliphatic rings. The van der Waals surface area contributed by atoms with Gasteiger partial charge in [-0.25, -0.2) is 18.4 Å². The van der Waals surface area contributed by atoms with Crippen LogP contribution in [0.15, 0.2) is 53.4 Å². The molecule has 1 aromatic heterocycles. The van der Waals surface area contributed by atoms with E-state index in [1.54, 1.807) is 24.0 Å². The Bertz CT molecular complexity index is 1290. The third-order valence-electron chi connectivity index (χ3n) is 5.08. The molecule has 3 aromatic rings. The first-order valence-electron chi connectivity index (χ1n) is 9.57. The lowest BCUT2D eigenvalue weighted by Gasteiger charge is -2.17. The molecule has 160 valence electrons. The van der Waals surface area contributed by atoms with E-state index in [4.69, 9.17) is 9.88 Å². The number of thiophene rings is 1. The van der Waals surface area contributed by atoms with Crippen molar-refractivity contribution in [3.05, 3.63) is 64.5 Å². The summed E-state index contributed by atoms with van der Waals surface area (Å²) in [5.74, 6) is -0.565. The van der Waals surface area contributed by atoms with Gasteiger partial charge < -0.3 is 4.74 Å². The summed E-state index contributed by atoms with van der Waals surface area (Å²) in [6.45, 7) is 3.77. The summed E-state index contributed by atoms with van der Waals surface area (Å²) in [7, 11) is -3.84. The number of esters is 1. The molecule has 7 nitrogen and oxygen atoms in total. The van der Waals surface area contributed by atoms with Crippen molar-refractivity contribution in [2.24, 2.45) is 5.14 Å². The number of nitrogens with zero attached hydrogens (tertiary/aromatic N) is 1. The molecule has 0 unspecified atom stereocenters. The summed E-state index contributed by atoms with van der Waals surface area (Å²) in [5, 5.41) is 5.84. The van der Waals surface area contributed by atoms with Gasteiger partial charge in [-0.2, -0.15) is 0 Å². The zero-order chi connectivity index (χ0) is 22.3. The maximum absolute atomic E-state index is 12.8. The van der Waals surface area contributed by atoms with Crippen molar-refractivity contribution in [2.75, 3.05) is 11.5 Å². The van der Waals surface area contributed by atoms with Gasteiger partial charge in [-0.15, -0.1) is 11.3 Å². The van der Waals surface area contributed by atoms with Gasteiger partial charge in [-0.05, 0) is 48.7 Å². The van der Waals surface area contributed by atoms with E-state index in [0.717, 1.165) is 16.8 Å². The molecular weight excluding hydrogens is 436 g/mol. The Morgan fingerprint density at radius 2 is 1.84 bits per heavy atom. The number of hydrogen-bond donors (Lipinski definition) is 1. The number of primary sulfonamides is 1. The Morgan fingerprint density at radius 1 is 1.16 bits per heavy atom. The van der Waals surface area contributed by atoms with Crippen molar-refractivity contribution < 1.29 is 22.7 Å². The first kappa shape index (κ1) is 21.2. The number of ether oxygens (including phenoxy) is 1. The molecule has 1 amide bonds. The number of fused-ring (bicyclic) bond motifs is 1. The van der Waals surface area contributed by atoms with Crippen molar-refractivity contribution in [1.29, 1.82) is 0 Å². The van der Waals surface area contributed by atoms with Gasteiger partial charge in [0.2, 0.25) is 15.9 Å². The predicted molar refractivity (Wildman–Crippen MR) is 119 cm³/mol. The number of benzene rings is 2. The van der Waals surface area contributed by atoms with Crippen LogP contribution in [0.4, 0.5) is 10.7 Å². The molecule has 31 heavy (non-hydrogen) atoms. The maximum Gasteiger partial charge on any atom is 0.349 e. The van der Waals surface area contributed by atoms with Crippen LogP contribution in [0.25, 0.3) is 11.1 Å². The second-order valence-electron chi connectivity index (χ2n) is 7.06. The van der Waals surface area contributed by atoms with E-state index in [0.29, 0.717) is 27.4 Å². The minimum atomic E-state index is -3.84. The van der Waals surface area contributed by atoms with Gasteiger partial charge in [0.05, 0.1) is 23.6 Å². The van der Waals surface area contributed by atoms with Crippen molar-refractivity contribution in [1.82, 2.24) is 0 Å². The minimum absolute atomic E-state index is 0.0225. The summed E-state index contributed by atoms with van der Waals surface area (Å²) >= 11 is 1.19. The molecule has 2 aromatic carbocycles. The predicted octanol–water partition coefficient (Wildman–Crippen LogP) is 3.77. The van der Waals surface area contributed by atoms with E-state index in [1.807, 2.05) is 31.2 Å². The summed E-state index contributed by atoms with van der Waals surface area (Å²) in [5.41, 5.74) is 3.70. The van der Waals surface area contributed by atoms with Crippen molar-refractivity contribution >= 4 is 43.9 Å². The lowest BCUT2D eigenvalue weighted by atomic mass is 10.0. The zero-order valence-corrected chi connectivity index (χ0v) is 18.5. The van der Waals surface area contributed by atoms with E-state index in [-0.39, 0.29) is 17.4 Å². The summed E-state index contributed by atoms with van der Waals surface area (Å²) in [4.78, 5) is 27.5. The highest BCUT2D eigenvalue weighted by Gasteiger charge is 2.33. The monoisotopic (exact) mass is 456 g/mol. The summed E-state index contributed by atoms with van der Waals surface area (Å²) in [6.07, 6.45) is 0.292. The van der Waals surface area contributed by atoms with Crippen LogP contribution in [0.2, 0.25) is 0 Å². The zero-order valence-electron chi connectivity index (χ0n) is 16.9. The largest absolute Gasteiger partial charge is 0.462 e. The van der Waals surface area contributed by atoms with Gasteiger partial charge in [0, 0.05) is 5.56 Å². The first-order chi connectivity index (χ1) is 14.7. The molecule has 4 rings (SSSR count). The molecule has 0 aliphatic carbocycles. The number of carbonyl (C=O) groups excluding carboxylic acids is 2. The molecule has 0 radical (unpaired) electrons. The molecule has 0 fully saturated rings. The van der Waals surface area contributed by atoms with E-state index in [1.165, 1.54) is 23.5 Å². The number of rotatable bonds is 5. The van der Waals surface area contributed by atoms with Gasteiger partial charge in [-0.3, -0.25) is 9.69 Å². The van der Waals surface area contributed by atoms with Gasteiger partial charge in [0.1, 0.15) is 9.88 Å². The van der Waals surface area contributed by atoms with Crippen LogP contribution in [0, 0.1) is 6.92 Å². The van der Waals surface area contributed by atoms with Crippen LogP contribution < -0.4 is 10.0 Å². The Hall–Kier alpha value is -3.01. The quantitative estimate of drug-likeness (QED) is 0.588. The molecular formula is C22H20N2O5S2. The smallest absolute Gasteiger partial charge is 0.349 e. The number of carbonyl (C=O) groups is 2. The van der Waals surface area contributed by atoms with E-state index in [9.17, 15) is 18.0 Å². The van der Waals surface area contributed by atoms with Crippen molar-refractivity contribution in [3.8, 4) is 11.1 Å². The standard InChI is InChI=1S/C22H20N2O5S2/c1-3-29-22(26)20-19(14-8-10-16(11-9-14)31(23,27)28)13(2)21(30-20)24-17-7-5-4-6-15(17)12-18(24)25/h4-11H,3,12H2,1-2H3,(H2,23,27,28). The fourth-order valence-electron chi connectivity index (χ4n) is 3.69. The fraction of sp³-hybridized carbons (Fsp3) is 0.182. The molecule has 9 heteroatoms. The number of anilines is 2. The number of amides is 1. The van der Waals surface area contributed by atoms with Gasteiger partial charge in [-0.1, -0.05) is 30.3 Å². The molecule has 0 spiro atoms. The molecule has 1 aliphatic heterocycles. The Balaban J connectivity index is 1.89. The normalized spacial score (nSPS) is 13.4. The third-order valence-corrected chi connectivity index (χ3v) is 7.27. The van der Waals surface area contributed by atoms with Crippen molar-refractivity contribution in [3.63, 3.8) is 0 Å². The average Bonchev–Trinajstić information content (AvgIpc) is 3.23. The third kappa shape index (κ3) is 3.76. The SMILES string of the molecule is CCOC(=O)c1sc(N2C(=O)Cc3ccccc32)c(C)c1-c1ccc(S(N)(=O)=O)cc1. The van der Waals surface area contributed by atoms with Gasteiger partial charge >= 0.3 is 5.97 Å². The van der Waals surface area contributed by atoms with Gasteiger partial charge in [0.15, 0.2) is 0 Å². The highest BCUT2D eigenvalue weighted by atomic mass is 32.2. The Kier molecular flexibility index (Phi) is 5.42. The topological polar surface area (TPSA) is 107 Å². The van der Waals surface area contributed by atoms with Crippen LogP contribution in [0.1, 0.15) is 27.7 Å². The van der Waals surface area contributed by atoms with Crippen LogP contribution in [0.5, 0.6) is 0 Å². The number of hydrogen-bond acceptors (Lipinski definition) is 6. The molecule has 2 heterocycles. The highest BCUT2D eigenvalue weighted by Crippen LogP contribution is 2.47. The van der Waals surface area contributed by atoms with E-state index < -0.39 is 16.0 Å². The van der Waals surface area contributed by atoms with Crippen molar-refractivity contribution in [2.45, 2.75) is 25.2 Å². The van der Waals surface area contributed by atoms with Crippen LogP contribution in [-0.2, 0) is 26.0 Å². The summed E-state index contributed by atoms with van der Waals surface area (Å²) < 4.78 is 28.4. The lowest BCUT2D eigenvalue weighted by Crippen LogP contribution is -2.20. The Labute approximate surface area is 184 Å². The molecule has 0 atom stereocenters. The number of nitrogens with two attached hydrogens (primary N) is 1.